The third-order valence-electron chi connectivity index (χ3n) is 3.17. The van der Waals surface area contributed by atoms with Crippen LogP contribution in [-0.4, -0.2) is 31.9 Å². The van der Waals surface area contributed by atoms with E-state index < -0.39 is 0 Å². The molecule has 1 aromatic rings. The minimum absolute atomic E-state index is 0.0263. The van der Waals surface area contributed by atoms with E-state index in [0.717, 1.165) is 6.42 Å². The Bertz CT molecular complexity index is 414. The van der Waals surface area contributed by atoms with Gasteiger partial charge in [-0.2, -0.15) is 0 Å². The van der Waals surface area contributed by atoms with Crippen LogP contribution >= 0.6 is 23.2 Å². The zero-order chi connectivity index (χ0) is 13.1. The van der Waals surface area contributed by atoms with Gasteiger partial charge in [-0.05, 0) is 26.1 Å². The molecule has 1 aromatic carbocycles. The highest BCUT2D eigenvalue weighted by molar-refractivity contribution is 6.42. The van der Waals surface area contributed by atoms with Gasteiger partial charge in [0.05, 0.1) is 5.02 Å². The molecule has 1 aliphatic rings. The molecule has 3 nitrogen and oxygen atoms in total. The van der Waals surface area contributed by atoms with Gasteiger partial charge >= 0.3 is 0 Å². The average Bonchev–Trinajstić information content (AvgIpc) is 2.36. The molecule has 1 fully saturated rings. The number of hydrogen-bond donors (Lipinski definition) is 1. The number of likely N-dealkylation sites (N-methyl/N-ethyl adjacent to an activating group) is 1. The lowest BCUT2D eigenvalue weighted by Gasteiger charge is -2.43. The first-order valence-corrected chi connectivity index (χ1v) is 6.82. The molecule has 0 bridgehead atoms. The van der Waals surface area contributed by atoms with Crippen molar-refractivity contribution in [3.63, 3.8) is 0 Å². The lowest BCUT2D eigenvalue weighted by Crippen LogP contribution is -2.60. The van der Waals surface area contributed by atoms with E-state index >= 15 is 0 Å². The van der Waals surface area contributed by atoms with Gasteiger partial charge < -0.3 is 14.8 Å². The van der Waals surface area contributed by atoms with Crippen LogP contribution in [0.3, 0.4) is 0 Å². The lowest BCUT2D eigenvalue weighted by atomic mass is 9.85. The molecule has 0 amide bonds. The van der Waals surface area contributed by atoms with Gasteiger partial charge in [-0.25, -0.2) is 0 Å². The van der Waals surface area contributed by atoms with E-state index in [0.29, 0.717) is 28.4 Å². The Kier molecular flexibility index (Phi) is 4.73. The van der Waals surface area contributed by atoms with Gasteiger partial charge in [0.25, 0.3) is 0 Å². The minimum Gasteiger partial charge on any atom is -0.486 e. The standard InChI is InChI=1S/C13H17Cl2NO2/c1-3-17-13-9(16-2)7-11(13)18-10-6-4-5-8(14)12(10)15/h4-6,9,11,13,16H,3,7H2,1-2H3. The van der Waals surface area contributed by atoms with E-state index in [9.17, 15) is 0 Å². The van der Waals surface area contributed by atoms with E-state index in [-0.39, 0.29) is 12.2 Å². The van der Waals surface area contributed by atoms with Crippen LogP contribution in [-0.2, 0) is 4.74 Å². The molecule has 0 heterocycles. The zero-order valence-corrected chi connectivity index (χ0v) is 12.0. The van der Waals surface area contributed by atoms with E-state index in [1.165, 1.54) is 0 Å². The van der Waals surface area contributed by atoms with Crippen molar-refractivity contribution in [2.75, 3.05) is 13.7 Å². The SMILES string of the molecule is CCOC1C(NC)CC1Oc1cccc(Cl)c1Cl. The van der Waals surface area contributed by atoms with Crippen LogP contribution < -0.4 is 10.1 Å². The molecule has 3 unspecified atom stereocenters. The predicted octanol–water partition coefficient (Wildman–Crippen LogP) is 3.14. The summed E-state index contributed by atoms with van der Waals surface area (Å²) in [7, 11) is 1.93. The smallest absolute Gasteiger partial charge is 0.139 e. The summed E-state index contributed by atoms with van der Waals surface area (Å²) in [5, 5.41) is 4.18. The topological polar surface area (TPSA) is 30.5 Å². The van der Waals surface area contributed by atoms with Crippen LogP contribution in [0, 0.1) is 0 Å². The Morgan fingerprint density at radius 1 is 1.39 bits per heavy atom. The average molecular weight is 290 g/mol. The van der Waals surface area contributed by atoms with Crippen molar-refractivity contribution in [1.82, 2.24) is 5.32 Å². The minimum atomic E-state index is 0.0263. The van der Waals surface area contributed by atoms with Crippen molar-refractivity contribution >= 4 is 23.2 Å². The van der Waals surface area contributed by atoms with Crippen molar-refractivity contribution in [3.05, 3.63) is 28.2 Å². The lowest BCUT2D eigenvalue weighted by molar-refractivity contribution is -0.103. The highest BCUT2D eigenvalue weighted by Crippen LogP contribution is 2.35. The summed E-state index contributed by atoms with van der Waals surface area (Å²) in [4.78, 5) is 0. The van der Waals surface area contributed by atoms with E-state index in [1.54, 1.807) is 6.07 Å². The number of halogens is 2. The number of nitrogens with one attached hydrogen (secondary N) is 1. The molecule has 5 heteroatoms. The zero-order valence-electron chi connectivity index (χ0n) is 10.5. The van der Waals surface area contributed by atoms with Crippen LogP contribution in [0.25, 0.3) is 0 Å². The monoisotopic (exact) mass is 289 g/mol. The highest BCUT2D eigenvalue weighted by atomic mass is 35.5. The van der Waals surface area contributed by atoms with Crippen molar-refractivity contribution < 1.29 is 9.47 Å². The second kappa shape index (κ2) is 6.11. The summed E-state index contributed by atoms with van der Waals surface area (Å²) >= 11 is 12.1. The molecule has 1 saturated carbocycles. The summed E-state index contributed by atoms with van der Waals surface area (Å²) in [6, 6.07) is 5.73. The fourth-order valence-electron chi connectivity index (χ4n) is 2.13. The van der Waals surface area contributed by atoms with Crippen LogP contribution in [0.1, 0.15) is 13.3 Å². The quantitative estimate of drug-likeness (QED) is 0.903. The summed E-state index contributed by atoms with van der Waals surface area (Å²) in [6.45, 7) is 2.65. The molecule has 1 N–H and O–H groups in total. The molecular formula is C13H17Cl2NO2. The second-order valence-electron chi connectivity index (χ2n) is 4.26. The van der Waals surface area contributed by atoms with Gasteiger partial charge in [0.15, 0.2) is 0 Å². The van der Waals surface area contributed by atoms with Crippen molar-refractivity contribution in [2.45, 2.75) is 31.6 Å². The second-order valence-corrected chi connectivity index (χ2v) is 5.04. The van der Waals surface area contributed by atoms with Crippen molar-refractivity contribution in [3.8, 4) is 5.75 Å². The molecular weight excluding hydrogens is 273 g/mol. The molecule has 18 heavy (non-hydrogen) atoms. The first-order valence-electron chi connectivity index (χ1n) is 6.07. The fraction of sp³-hybridized carbons (Fsp3) is 0.538. The molecule has 3 atom stereocenters. The van der Waals surface area contributed by atoms with E-state index in [2.05, 4.69) is 5.32 Å². The van der Waals surface area contributed by atoms with Gasteiger partial charge in [0.1, 0.15) is 23.0 Å². The Hall–Kier alpha value is -0.480. The molecule has 0 radical (unpaired) electrons. The Labute approximate surface area is 117 Å². The summed E-state index contributed by atoms with van der Waals surface area (Å²) in [5.41, 5.74) is 0. The van der Waals surface area contributed by atoms with Crippen LogP contribution in [0.5, 0.6) is 5.75 Å². The summed E-state index contributed by atoms with van der Waals surface area (Å²) in [5.74, 6) is 0.619. The molecule has 0 aromatic heterocycles. The Morgan fingerprint density at radius 3 is 2.83 bits per heavy atom. The maximum absolute atomic E-state index is 6.10. The van der Waals surface area contributed by atoms with E-state index in [1.807, 2.05) is 26.1 Å². The van der Waals surface area contributed by atoms with Gasteiger partial charge in [0.2, 0.25) is 0 Å². The molecule has 0 spiro atoms. The largest absolute Gasteiger partial charge is 0.486 e. The van der Waals surface area contributed by atoms with Gasteiger partial charge in [-0.3, -0.25) is 0 Å². The molecule has 1 aliphatic carbocycles. The van der Waals surface area contributed by atoms with Crippen molar-refractivity contribution in [1.29, 1.82) is 0 Å². The van der Waals surface area contributed by atoms with E-state index in [4.69, 9.17) is 32.7 Å². The predicted molar refractivity (Wildman–Crippen MR) is 73.8 cm³/mol. The highest BCUT2D eigenvalue weighted by Gasteiger charge is 2.43. The third-order valence-corrected chi connectivity index (χ3v) is 3.98. The van der Waals surface area contributed by atoms with Crippen molar-refractivity contribution in [2.24, 2.45) is 0 Å². The number of hydrogen-bond acceptors (Lipinski definition) is 3. The van der Waals surface area contributed by atoms with Gasteiger partial charge in [0, 0.05) is 19.1 Å². The molecule has 0 saturated heterocycles. The maximum Gasteiger partial charge on any atom is 0.139 e. The van der Waals surface area contributed by atoms with Gasteiger partial charge in [-0.1, -0.05) is 29.3 Å². The normalized spacial score (nSPS) is 26.8. The molecule has 100 valence electrons. The van der Waals surface area contributed by atoms with Crippen LogP contribution in [0.15, 0.2) is 18.2 Å². The Balaban J connectivity index is 2.03. The number of rotatable bonds is 5. The first kappa shape index (κ1) is 13.9. The molecule has 2 rings (SSSR count). The fourth-order valence-corrected chi connectivity index (χ4v) is 2.47. The number of benzene rings is 1. The first-order chi connectivity index (χ1) is 8.67. The summed E-state index contributed by atoms with van der Waals surface area (Å²) < 4.78 is 11.6. The Morgan fingerprint density at radius 2 is 2.17 bits per heavy atom. The van der Waals surface area contributed by atoms with Crippen LogP contribution in [0.2, 0.25) is 10.0 Å². The molecule has 0 aliphatic heterocycles. The van der Waals surface area contributed by atoms with Crippen LogP contribution in [0.4, 0.5) is 0 Å². The number of ether oxygens (including phenoxy) is 2. The maximum atomic E-state index is 6.10. The third kappa shape index (κ3) is 2.75. The van der Waals surface area contributed by atoms with Gasteiger partial charge in [-0.15, -0.1) is 0 Å². The summed E-state index contributed by atoms with van der Waals surface area (Å²) in [6.07, 6.45) is 0.998.